The van der Waals surface area contributed by atoms with Gasteiger partial charge >= 0.3 is 11.5 Å². The fourth-order valence-electron chi connectivity index (χ4n) is 1.41. The molecule has 0 aromatic carbocycles. The van der Waals surface area contributed by atoms with E-state index in [-0.39, 0.29) is 23.5 Å². The number of hydrogen-bond acceptors (Lipinski definition) is 7. The second kappa shape index (κ2) is 4.69. The van der Waals surface area contributed by atoms with Crippen LogP contribution in [0.2, 0.25) is 0 Å². The van der Waals surface area contributed by atoms with Gasteiger partial charge in [0.25, 0.3) is 0 Å². The van der Waals surface area contributed by atoms with E-state index in [9.17, 15) is 9.59 Å². The summed E-state index contributed by atoms with van der Waals surface area (Å²) in [5.41, 5.74) is 5.03. The van der Waals surface area contributed by atoms with Gasteiger partial charge in [-0.1, -0.05) is 19.7 Å². The van der Waals surface area contributed by atoms with Crippen LogP contribution in [0.5, 0.6) is 0 Å². The standard InChI is InChI=1S/C9H11N5O3S/c1-2-3-5(15)17-13-4-11-7-6(13)8(16)12-9(10)14(7)18/h4,18H,2-3H2,1H3,(H2,10,12,16). The highest BCUT2D eigenvalue weighted by molar-refractivity contribution is 7.78. The van der Waals surface area contributed by atoms with Gasteiger partial charge in [-0.05, 0) is 6.42 Å². The molecule has 9 heteroatoms. The summed E-state index contributed by atoms with van der Waals surface area (Å²) in [6, 6.07) is 0. The van der Waals surface area contributed by atoms with Crippen LogP contribution in [0.25, 0.3) is 11.2 Å². The quantitative estimate of drug-likeness (QED) is 0.736. The first-order chi connectivity index (χ1) is 8.54. The third-order valence-electron chi connectivity index (χ3n) is 2.21. The highest BCUT2D eigenvalue weighted by Crippen LogP contribution is 2.11. The maximum atomic E-state index is 11.7. The number of imidazole rings is 1. The number of nitrogens with zero attached hydrogens (tertiary/aromatic N) is 4. The summed E-state index contributed by atoms with van der Waals surface area (Å²) >= 11 is 4.03. The van der Waals surface area contributed by atoms with Gasteiger partial charge in [0.15, 0.2) is 11.2 Å². The minimum Gasteiger partial charge on any atom is -0.368 e. The molecule has 0 atom stereocenters. The van der Waals surface area contributed by atoms with Crippen LogP contribution in [0.3, 0.4) is 0 Å². The van der Waals surface area contributed by atoms with Crippen molar-refractivity contribution in [1.29, 1.82) is 0 Å². The Bertz CT molecular complexity index is 662. The fraction of sp³-hybridized carbons (Fsp3) is 0.333. The second-order valence-corrected chi connectivity index (χ2v) is 3.94. The largest absolute Gasteiger partial charge is 0.368 e. The van der Waals surface area contributed by atoms with Crippen molar-refractivity contribution >= 4 is 35.9 Å². The Hall–Kier alpha value is -2.03. The van der Waals surface area contributed by atoms with E-state index in [2.05, 4.69) is 22.8 Å². The number of nitrogen functional groups attached to an aromatic ring is 1. The molecule has 2 aromatic rings. The molecule has 18 heavy (non-hydrogen) atoms. The van der Waals surface area contributed by atoms with E-state index in [1.54, 1.807) is 0 Å². The Balaban J connectivity index is 2.51. The lowest BCUT2D eigenvalue weighted by molar-refractivity contribution is -0.143. The van der Waals surface area contributed by atoms with Gasteiger partial charge in [0.1, 0.15) is 6.33 Å². The maximum absolute atomic E-state index is 11.7. The molecular formula is C9H11N5O3S. The van der Waals surface area contributed by atoms with Gasteiger partial charge in [-0.25, -0.2) is 13.8 Å². The number of hydrogen-bond donors (Lipinski definition) is 2. The lowest BCUT2D eigenvalue weighted by Gasteiger charge is -2.04. The van der Waals surface area contributed by atoms with E-state index in [1.807, 2.05) is 6.92 Å². The Labute approximate surface area is 107 Å². The molecule has 0 radical (unpaired) electrons. The molecule has 0 saturated carbocycles. The van der Waals surface area contributed by atoms with Crippen LogP contribution < -0.4 is 16.1 Å². The van der Waals surface area contributed by atoms with Gasteiger partial charge < -0.3 is 10.6 Å². The van der Waals surface area contributed by atoms with Crippen LogP contribution in [0.4, 0.5) is 5.95 Å². The van der Waals surface area contributed by atoms with E-state index in [0.717, 1.165) is 8.70 Å². The zero-order valence-electron chi connectivity index (χ0n) is 9.53. The lowest BCUT2D eigenvalue weighted by Crippen LogP contribution is -2.23. The molecule has 0 unspecified atom stereocenters. The second-order valence-electron chi connectivity index (χ2n) is 3.54. The third-order valence-corrected chi connectivity index (χ3v) is 2.60. The van der Waals surface area contributed by atoms with Crippen LogP contribution in [0.15, 0.2) is 11.1 Å². The van der Waals surface area contributed by atoms with Crippen LogP contribution in [0, 0.1) is 0 Å². The van der Waals surface area contributed by atoms with Gasteiger partial charge in [-0.2, -0.15) is 9.71 Å². The van der Waals surface area contributed by atoms with E-state index in [1.165, 1.54) is 6.33 Å². The van der Waals surface area contributed by atoms with Crippen molar-refractivity contribution in [1.82, 2.24) is 18.7 Å². The number of aromatic nitrogens is 4. The minimum absolute atomic E-state index is 0.0173. The Kier molecular flexibility index (Phi) is 3.24. The smallest absolute Gasteiger partial charge is 0.332 e. The van der Waals surface area contributed by atoms with Crippen LogP contribution >= 0.6 is 12.8 Å². The summed E-state index contributed by atoms with van der Waals surface area (Å²) in [4.78, 5) is 35.5. The Morgan fingerprint density at radius 1 is 1.61 bits per heavy atom. The van der Waals surface area contributed by atoms with Gasteiger partial charge in [0.2, 0.25) is 5.95 Å². The first-order valence-corrected chi connectivity index (χ1v) is 5.60. The molecule has 2 heterocycles. The third kappa shape index (κ3) is 2.04. The number of anilines is 1. The number of carbonyl (C=O) groups is 1. The van der Waals surface area contributed by atoms with Crippen molar-refractivity contribution in [3.8, 4) is 0 Å². The summed E-state index contributed by atoms with van der Waals surface area (Å²) in [5.74, 6) is -0.542. The summed E-state index contributed by atoms with van der Waals surface area (Å²) in [5, 5.41) is 0. The molecule has 2 rings (SSSR count). The van der Waals surface area contributed by atoms with Gasteiger partial charge in [0.05, 0.1) is 0 Å². The minimum atomic E-state index is -0.630. The van der Waals surface area contributed by atoms with Gasteiger partial charge in [-0.3, -0.25) is 4.79 Å². The topological polar surface area (TPSA) is 105 Å². The predicted octanol–water partition coefficient (Wildman–Crippen LogP) is -0.377. The molecule has 0 spiro atoms. The first kappa shape index (κ1) is 12.4. The average Bonchev–Trinajstić information content (AvgIpc) is 2.70. The average molecular weight is 269 g/mol. The van der Waals surface area contributed by atoms with Crippen molar-refractivity contribution in [2.45, 2.75) is 19.8 Å². The maximum Gasteiger partial charge on any atom is 0.332 e. The summed E-state index contributed by atoms with van der Waals surface area (Å²) in [6.07, 6.45) is 2.10. The molecule has 0 aliphatic heterocycles. The van der Waals surface area contributed by atoms with E-state index in [0.29, 0.717) is 6.42 Å². The lowest BCUT2D eigenvalue weighted by atomic mass is 10.3. The molecule has 0 fully saturated rings. The van der Waals surface area contributed by atoms with Crippen molar-refractivity contribution in [2.24, 2.45) is 0 Å². The number of nitrogens with two attached hydrogens (primary N) is 1. The molecule has 0 saturated heterocycles. The Morgan fingerprint density at radius 3 is 3.00 bits per heavy atom. The molecule has 0 aliphatic carbocycles. The summed E-state index contributed by atoms with van der Waals surface area (Å²) in [7, 11) is 0. The van der Waals surface area contributed by atoms with E-state index in [4.69, 9.17) is 10.6 Å². The molecule has 0 amide bonds. The number of fused-ring (bicyclic) bond motifs is 1. The molecule has 0 aliphatic rings. The van der Waals surface area contributed by atoms with Crippen LogP contribution in [0.1, 0.15) is 19.8 Å². The zero-order chi connectivity index (χ0) is 13.3. The number of rotatable bonds is 3. The van der Waals surface area contributed by atoms with Gasteiger partial charge in [-0.15, -0.1) is 0 Å². The molecule has 2 N–H and O–H groups in total. The highest BCUT2D eigenvalue weighted by Gasteiger charge is 2.15. The molecule has 2 aromatic heterocycles. The summed E-state index contributed by atoms with van der Waals surface area (Å²) in [6.45, 7) is 1.84. The SMILES string of the molecule is CCCC(=O)On1cnc2c1c(=O)nc(N)n2S. The van der Waals surface area contributed by atoms with Crippen LogP contribution in [-0.4, -0.2) is 24.6 Å². The summed E-state index contributed by atoms with van der Waals surface area (Å²) < 4.78 is 2.12. The monoisotopic (exact) mass is 269 g/mol. The number of thiol groups is 1. The van der Waals surface area contributed by atoms with E-state index < -0.39 is 11.5 Å². The predicted molar refractivity (Wildman–Crippen MR) is 67.1 cm³/mol. The van der Waals surface area contributed by atoms with Gasteiger partial charge in [0, 0.05) is 6.42 Å². The van der Waals surface area contributed by atoms with Crippen LogP contribution in [-0.2, 0) is 4.79 Å². The van der Waals surface area contributed by atoms with Crippen molar-refractivity contribution < 1.29 is 9.63 Å². The Morgan fingerprint density at radius 2 is 2.33 bits per heavy atom. The molecule has 0 bridgehead atoms. The molecular weight excluding hydrogens is 258 g/mol. The number of carbonyl (C=O) groups excluding carboxylic acids is 1. The molecule has 8 nitrogen and oxygen atoms in total. The van der Waals surface area contributed by atoms with Crippen molar-refractivity contribution in [3.05, 3.63) is 16.7 Å². The highest BCUT2D eigenvalue weighted by atomic mass is 32.1. The normalized spacial score (nSPS) is 10.8. The van der Waals surface area contributed by atoms with Crippen molar-refractivity contribution in [2.75, 3.05) is 5.73 Å². The molecule has 96 valence electrons. The fourth-order valence-corrected chi connectivity index (χ4v) is 1.60. The zero-order valence-corrected chi connectivity index (χ0v) is 10.4. The van der Waals surface area contributed by atoms with Crippen molar-refractivity contribution in [3.63, 3.8) is 0 Å². The first-order valence-electron chi connectivity index (χ1n) is 5.20. The van der Waals surface area contributed by atoms with E-state index >= 15 is 0 Å².